The van der Waals surface area contributed by atoms with Crippen molar-refractivity contribution in [3.05, 3.63) is 34.3 Å². The number of hydrogen-bond acceptors (Lipinski definition) is 3. The highest BCUT2D eigenvalue weighted by Gasteiger charge is 2.15. The number of methoxy groups -OCH3 is 1. The van der Waals surface area contributed by atoms with Gasteiger partial charge in [-0.25, -0.2) is 0 Å². The minimum absolute atomic E-state index is 0.124. The first-order chi connectivity index (χ1) is 8.04. The number of aliphatic hydroxyl groups is 1. The molecule has 1 N–H and O–H groups in total. The molecular formula is C12H16BrNO3. The van der Waals surface area contributed by atoms with Crippen molar-refractivity contribution < 1.29 is 14.6 Å². The standard InChI is InChI=1S/C12H16BrNO3/c1-14(7-11(15)8-17-2)12(16)9-4-3-5-10(13)6-9/h3-6,11,15H,7-8H2,1-2H3. The Morgan fingerprint density at radius 2 is 2.29 bits per heavy atom. The van der Waals surface area contributed by atoms with Crippen molar-refractivity contribution in [2.24, 2.45) is 0 Å². The number of halogens is 1. The van der Waals surface area contributed by atoms with Crippen molar-refractivity contribution in [2.45, 2.75) is 6.10 Å². The van der Waals surface area contributed by atoms with Crippen LogP contribution in [0.15, 0.2) is 28.7 Å². The Morgan fingerprint density at radius 1 is 1.59 bits per heavy atom. The van der Waals surface area contributed by atoms with Crippen molar-refractivity contribution in [2.75, 3.05) is 27.3 Å². The zero-order valence-corrected chi connectivity index (χ0v) is 11.5. The fourth-order valence-corrected chi connectivity index (χ4v) is 1.89. The van der Waals surface area contributed by atoms with Gasteiger partial charge in [-0.2, -0.15) is 0 Å². The number of ether oxygens (including phenoxy) is 1. The van der Waals surface area contributed by atoms with Gasteiger partial charge >= 0.3 is 0 Å². The van der Waals surface area contributed by atoms with Gasteiger partial charge in [0.25, 0.3) is 5.91 Å². The molecule has 0 aromatic heterocycles. The van der Waals surface area contributed by atoms with Crippen LogP contribution in [0.2, 0.25) is 0 Å². The van der Waals surface area contributed by atoms with Crippen LogP contribution < -0.4 is 0 Å². The van der Waals surface area contributed by atoms with Crippen LogP contribution in [0.5, 0.6) is 0 Å². The maximum atomic E-state index is 12.0. The Kier molecular flexibility index (Phi) is 5.61. The van der Waals surface area contributed by atoms with Gasteiger partial charge in [-0.15, -0.1) is 0 Å². The van der Waals surface area contributed by atoms with Crippen molar-refractivity contribution in [3.8, 4) is 0 Å². The second-order valence-electron chi connectivity index (χ2n) is 3.81. The summed E-state index contributed by atoms with van der Waals surface area (Å²) in [5.74, 6) is -0.124. The molecule has 94 valence electrons. The van der Waals surface area contributed by atoms with E-state index in [-0.39, 0.29) is 19.1 Å². The number of likely N-dealkylation sites (N-methyl/N-ethyl adjacent to an activating group) is 1. The maximum Gasteiger partial charge on any atom is 0.253 e. The molecule has 1 aromatic rings. The number of hydrogen-bond donors (Lipinski definition) is 1. The van der Waals surface area contributed by atoms with E-state index in [2.05, 4.69) is 15.9 Å². The quantitative estimate of drug-likeness (QED) is 0.897. The number of carbonyl (C=O) groups excluding carboxylic acids is 1. The lowest BCUT2D eigenvalue weighted by Gasteiger charge is -2.20. The molecule has 1 rings (SSSR count). The molecule has 17 heavy (non-hydrogen) atoms. The maximum absolute atomic E-state index is 12.0. The van der Waals surface area contributed by atoms with Gasteiger partial charge in [0, 0.05) is 30.7 Å². The molecule has 0 aliphatic rings. The van der Waals surface area contributed by atoms with E-state index in [9.17, 15) is 9.90 Å². The first-order valence-electron chi connectivity index (χ1n) is 5.22. The lowest BCUT2D eigenvalue weighted by molar-refractivity contribution is 0.0380. The van der Waals surface area contributed by atoms with E-state index in [1.807, 2.05) is 6.07 Å². The van der Waals surface area contributed by atoms with Crippen LogP contribution in [-0.4, -0.2) is 49.3 Å². The monoisotopic (exact) mass is 301 g/mol. The zero-order valence-electron chi connectivity index (χ0n) is 9.89. The minimum atomic E-state index is -0.666. The zero-order chi connectivity index (χ0) is 12.8. The number of nitrogens with zero attached hydrogens (tertiary/aromatic N) is 1. The number of carbonyl (C=O) groups is 1. The van der Waals surface area contributed by atoms with Crippen LogP contribution in [0.3, 0.4) is 0 Å². The van der Waals surface area contributed by atoms with Crippen LogP contribution in [0, 0.1) is 0 Å². The first-order valence-corrected chi connectivity index (χ1v) is 6.02. The summed E-state index contributed by atoms with van der Waals surface area (Å²) in [6.45, 7) is 0.468. The first kappa shape index (κ1) is 14.2. The molecule has 1 atom stereocenters. The van der Waals surface area contributed by atoms with E-state index in [0.717, 1.165) is 4.47 Å². The van der Waals surface area contributed by atoms with Crippen LogP contribution >= 0.6 is 15.9 Å². The molecule has 5 heteroatoms. The minimum Gasteiger partial charge on any atom is -0.389 e. The Balaban J connectivity index is 2.63. The van der Waals surface area contributed by atoms with Crippen LogP contribution in [0.1, 0.15) is 10.4 Å². The number of amides is 1. The summed E-state index contributed by atoms with van der Waals surface area (Å²) in [5.41, 5.74) is 0.589. The Morgan fingerprint density at radius 3 is 2.88 bits per heavy atom. The molecule has 1 unspecified atom stereocenters. The van der Waals surface area contributed by atoms with E-state index >= 15 is 0 Å². The van der Waals surface area contributed by atoms with Crippen LogP contribution in [0.25, 0.3) is 0 Å². The summed E-state index contributed by atoms with van der Waals surface area (Å²) >= 11 is 3.32. The molecular weight excluding hydrogens is 286 g/mol. The predicted octanol–water partition coefficient (Wildman–Crippen LogP) is 1.53. The van der Waals surface area contributed by atoms with Crippen molar-refractivity contribution in [1.29, 1.82) is 0 Å². The molecule has 0 saturated heterocycles. The summed E-state index contributed by atoms with van der Waals surface area (Å²) in [7, 11) is 3.17. The Labute approximate surface area is 109 Å². The summed E-state index contributed by atoms with van der Waals surface area (Å²) in [4.78, 5) is 13.5. The van der Waals surface area contributed by atoms with E-state index in [0.29, 0.717) is 5.56 Å². The van der Waals surface area contributed by atoms with E-state index in [1.165, 1.54) is 12.0 Å². The van der Waals surface area contributed by atoms with Crippen molar-refractivity contribution in [1.82, 2.24) is 4.90 Å². The smallest absolute Gasteiger partial charge is 0.253 e. The SMILES string of the molecule is COCC(O)CN(C)C(=O)c1cccc(Br)c1. The van der Waals surface area contributed by atoms with Gasteiger partial charge in [0.05, 0.1) is 12.7 Å². The molecule has 0 aliphatic carbocycles. The third kappa shape index (κ3) is 4.46. The second-order valence-corrected chi connectivity index (χ2v) is 4.72. The van der Waals surface area contributed by atoms with Crippen LogP contribution in [0.4, 0.5) is 0 Å². The molecule has 0 saturated carbocycles. The lowest BCUT2D eigenvalue weighted by atomic mass is 10.2. The number of rotatable bonds is 5. The molecule has 0 aliphatic heterocycles. The third-order valence-electron chi connectivity index (χ3n) is 2.26. The van der Waals surface area contributed by atoms with E-state index < -0.39 is 6.10 Å². The molecule has 0 bridgehead atoms. The van der Waals surface area contributed by atoms with Crippen molar-refractivity contribution in [3.63, 3.8) is 0 Å². The molecule has 0 heterocycles. The molecule has 0 radical (unpaired) electrons. The number of benzene rings is 1. The van der Waals surface area contributed by atoms with Gasteiger partial charge in [0.2, 0.25) is 0 Å². The highest BCUT2D eigenvalue weighted by molar-refractivity contribution is 9.10. The second kappa shape index (κ2) is 6.74. The largest absolute Gasteiger partial charge is 0.389 e. The van der Waals surface area contributed by atoms with Crippen LogP contribution in [-0.2, 0) is 4.74 Å². The normalized spacial score (nSPS) is 12.2. The Hall–Kier alpha value is -0.910. The molecule has 4 nitrogen and oxygen atoms in total. The average molecular weight is 302 g/mol. The van der Waals surface area contributed by atoms with E-state index in [4.69, 9.17) is 4.74 Å². The molecule has 0 fully saturated rings. The predicted molar refractivity (Wildman–Crippen MR) is 69.0 cm³/mol. The van der Waals surface area contributed by atoms with Gasteiger partial charge < -0.3 is 14.7 Å². The molecule has 1 aromatic carbocycles. The Bertz CT molecular complexity index is 384. The highest BCUT2D eigenvalue weighted by atomic mass is 79.9. The third-order valence-corrected chi connectivity index (χ3v) is 2.76. The summed E-state index contributed by atoms with van der Waals surface area (Å²) < 4.78 is 5.67. The molecule has 1 amide bonds. The van der Waals surface area contributed by atoms with Gasteiger partial charge in [-0.1, -0.05) is 22.0 Å². The topological polar surface area (TPSA) is 49.8 Å². The van der Waals surface area contributed by atoms with Gasteiger partial charge in [0.15, 0.2) is 0 Å². The summed E-state index contributed by atoms with van der Waals surface area (Å²) in [6, 6.07) is 7.15. The average Bonchev–Trinajstić information content (AvgIpc) is 2.28. The fourth-order valence-electron chi connectivity index (χ4n) is 1.49. The van der Waals surface area contributed by atoms with Gasteiger partial charge in [-0.3, -0.25) is 4.79 Å². The molecule has 0 spiro atoms. The van der Waals surface area contributed by atoms with Gasteiger partial charge in [-0.05, 0) is 18.2 Å². The summed E-state index contributed by atoms with van der Waals surface area (Å²) in [6.07, 6.45) is -0.666. The van der Waals surface area contributed by atoms with E-state index in [1.54, 1.807) is 25.2 Å². The van der Waals surface area contributed by atoms with Crippen molar-refractivity contribution >= 4 is 21.8 Å². The fraction of sp³-hybridized carbons (Fsp3) is 0.417. The lowest BCUT2D eigenvalue weighted by Crippen LogP contribution is -2.36. The van der Waals surface area contributed by atoms with Gasteiger partial charge in [0.1, 0.15) is 0 Å². The number of aliphatic hydroxyl groups excluding tert-OH is 1. The summed E-state index contributed by atoms with van der Waals surface area (Å²) in [5, 5.41) is 9.54. The highest BCUT2D eigenvalue weighted by Crippen LogP contribution is 2.13.